The molecule has 0 unspecified atom stereocenters. The quantitative estimate of drug-likeness (QED) is 0.190. The average molecular weight is 775 g/mol. The fourth-order valence-electron chi connectivity index (χ4n) is 4.30. The van der Waals surface area contributed by atoms with Crippen molar-refractivity contribution in [3.63, 3.8) is 0 Å². The third-order valence-corrected chi connectivity index (χ3v) is 7.72. The van der Waals surface area contributed by atoms with E-state index in [1.807, 2.05) is 36.4 Å². The predicted molar refractivity (Wildman–Crippen MR) is 176 cm³/mol. The number of aromatic nitrogens is 2. The molecule has 4 aromatic rings. The van der Waals surface area contributed by atoms with E-state index < -0.39 is 15.1 Å². The van der Waals surface area contributed by atoms with Crippen LogP contribution in [0.4, 0.5) is 0 Å². The molecule has 0 aliphatic heterocycles. The maximum absolute atomic E-state index is 5.78. The summed E-state index contributed by atoms with van der Waals surface area (Å²) in [5, 5.41) is 0. The minimum atomic E-state index is -0.931. The van der Waals surface area contributed by atoms with Crippen LogP contribution in [0.1, 0.15) is 52.7 Å². The molecule has 2 aromatic carbocycles. The summed E-state index contributed by atoms with van der Waals surface area (Å²) in [7, 11) is 13.3. The van der Waals surface area contributed by atoms with Crippen LogP contribution < -0.4 is 9.47 Å². The molecule has 0 saturated carbocycles. The maximum atomic E-state index is 5.78. The van der Waals surface area contributed by atoms with Gasteiger partial charge in [-0.15, -0.1) is 0 Å². The molecule has 0 atom stereocenters. The molecule has 0 aliphatic carbocycles. The zero-order chi connectivity index (χ0) is 30.5. The Morgan fingerprint density at radius 3 is 1.22 bits per heavy atom. The van der Waals surface area contributed by atoms with Crippen molar-refractivity contribution in [1.29, 1.82) is 0 Å². The van der Waals surface area contributed by atoms with Crippen LogP contribution >= 0.6 is 51.2 Å². The number of pyridine rings is 2. The van der Waals surface area contributed by atoms with Gasteiger partial charge in [-0.2, -0.15) is 0 Å². The molecular weight excluding hydrogens is 740 g/mol. The molecule has 9 heteroatoms. The van der Waals surface area contributed by atoms with Crippen molar-refractivity contribution in [2.75, 3.05) is 14.2 Å². The van der Waals surface area contributed by atoms with Gasteiger partial charge in [0.2, 0.25) is 0 Å². The van der Waals surface area contributed by atoms with E-state index in [-0.39, 0.29) is 10.8 Å². The van der Waals surface area contributed by atoms with E-state index >= 15 is 0 Å². The van der Waals surface area contributed by atoms with E-state index in [1.54, 1.807) is 14.2 Å². The van der Waals surface area contributed by atoms with Crippen LogP contribution in [-0.4, -0.2) is 24.2 Å². The molecule has 4 nitrogen and oxygen atoms in total. The van der Waals surface area contributed by atoms with E-state index in [1.165, 1.54) is 11.1 Å². The monoisotopic (exact) mass is 770 g/mol. The Kier molecular flexibility index (Phi) is 11.9. The molecule has 214 valence electrons. The van der Waals surface area contributed by atoms with Gasteiger partial charge in [0, 0.05) is 11.1 Å². The standard InChI is InChI=1S/C32H34Br2N2O2.2ClH.Zn/c1-31(2,3)19-15-21(29(37-7)23(33)17-19)25-11-9-13-27(35-25)28-14-10-12-26(36-28)22-16-20(32(4,5)6)18-24(34)30(22)38-8;;;/h9-18H,1-8H3;2*1H;/q;;;+2/p-2. The third-order valence-electron chi connectivity index (χ3n) is 6.54. The molecule has 0 fully saturated rings. The fourth-order valence-corrected chi connectivity index (χ4v) is 5.55. The first-order chi connectivity index (χ1) is 19.2. The normalized spacial score (nSPS) is 11.3. The molecule has 0 radical (unpaired) electrons. The number of methoxy groups -OCH3 is 2. The number of benzene rings is 2. The Balaban J connectivity index is 0.00000147. The summed E-state index contributed by atoms with van der Waals surface area (Å²) < 4.78 is 13.4. The summed E-state index contributed by atoms with van der Waals surface area (Å²) >= 11 is 6.48. The molecule has 0 spiro atoms. The summed E-state index contributed by atoms with van der Waals surface area (Å²) in [6.07, 6.45) is 0. The number of rotatable bonds is 5. The third kappa shape index (κ3) is 8.33. The summed E-state index contributed by atoms with van der Waals surface area (Å²) in [5.74, 6) is 1.52. The van der Waals surface area contributed by atoms with E-state index in [0.29, 0.717) is 0 Å². The van der Waals surface area contributed by atoms with Gasteiger partial charge >= 0.3 is 34.5 Å². The zero-order valence-electron chi connectivity index (χ0n) is 24.7. The molecule has 4 rings (SSSR count). The Labute approximate surface area is 276 Å². The Morgan fingerprint density at radius 1 is 0.610 bits per heavy atom. The number of nitrogens with zero attached hydrogens (tertiary/aromatic N) is 2. The van der Waals surface area contributed by atoms with E-state index in [9.17, 15) is 0 Å². The van der Waals surface area contributed by atoms with Gasteiger partial charge in [0.25, 0.3) is 0 Å². The Bertz CT molecular complexity index is 1410. The first-order valence-corrected chi connectivity index (χ1v) is 22.5. The van der Waals surface area contributed by atoms with Gasteiger partial charge < -0.3 is 9.47 Å². The molecule has 2 aromatic heterocycles. The number of ether oxygens (including phenoxy) is 2. The minimum absolute atomic E-state index is 0.0219. The molecule has 0 amide bonds. The van der Waals surface area contributed by atoms with Crippen LogP contribution in [0.2, 0.25) is 0 Å². The second-order valence-electron chi connectivity index (χ2n) is 11.5. The fraction of sp³-hybridized carbons (Fsp3) is 0.312. The van der Waals surface area contributed by atoms with Gasteiger partial charge in [-0.3, -0.25) is 0 Å². The van der Waals surface area contributed by atoms with Crippen LogP contribution in [0, 0.1) is 0 Å². The van der Waals surface area contributed by atoms with Gasteiger partial charge in [-0.05, 0) is 102 Å². The molecule has 0 saturated heterocycles. The molecule has 41 heavy (non-hydrogen) atoms. The van der Waals surface area contributed by atoms with Crippen molar-refractivity contribution >= 4 is 51.2 Å². The number of hydrogen-bond donors (Lipinski definition) is 0. The molecular formula is C32H34Br2Cl2N2O2Zn. The predicted octanol–water partition coefficient (Wildman–Crippen LogP) is 11.0. The Morgan fingerprint density at radius 2 is 0.927 bits per heavy atom. The van der Waals surface area contributed by atoms with Crippen molar-refractivity contribution in [1.82, 2.24) is 9.97 Å². The SMILES string of the molecule is COc1c(Br)cc(C(C)(C)C)cc1-c1cccc(-c2cccc(-c3cc(C(C)(C)C)cc(Br)c3OC)n2)n1.[Cl][Zn][Cl]. The van der Waals surface area contributed by atoms with Gasteiger partial charge in [0.1, 0.15) is 11.5 Å². The summed E-state index contributed by atoms with van der Waals surface area (Å²) in [6.45, 7) is 13.2. The summed E-state index contributed by atoms with van der Waals surface area (Å²) in [4.78, 5) is 10.1. The summed E-state index contributed by atoms with van der Waals surface area (Å²) in [5.41, 5.74) is 7.45. The van der Waals surface area contributed by atoms with Crippen molar-refractivity contribution in [2.24, 2.45) is 0 Å². The van der Waals surface area contributed by atoms with Crippen LogP contribution in [-0.2, 0) is 26.0 Å². The molecule has 0 aliphatic rings. The summed E-state index contributed by atoms with van der Waals surface area (Å²) in [6, 6.07) is 20.6. The van der Waals surface area contributed by atoms with Crippen LogP contribution in [0.25, 0.3) is 33.9 Å². The Hall–Kier alpha value is -1.50. The first-order valence-electron chi connectivity index (χ1n) is 13.1. The van der Waals surface area contributed by atoms with Crippen molar-refractivity contribution < 1.29 is 24.6 Å². The van der Waals surface area contributed by atoms with Crippen molar-refractivity contribution in [3.05, 3.63) is 80.7 Å². The van der Waals surface area contributed by atoms with E-state index in [2.05, 4.69) is 97.7 Å². The first kappa shape index (κ1) is 34.0. The van der Waals surface area contributed by atoms with E-state index in [4.69, 9.17) is 38.8 Å². The topological polar surface area (TPSA) is 44.2 Å². The molecule has 0 bridgehead atoms. The van der Waals surface area contributed by atoms with Gasteiger partial charge in [0.15, 0.2) is 0 Å². The second-order valence-corrected chi connectivity index (χ2v) is 17.8. The van der Waals surface area contributed by atoms with Gasteiger partial charge in [0.05, 0.1) is 45.9 Å². The van der Waals surface area contributed by atoms with E-state index in [0.717, 1.165) is 54.3 Å². The van der Waals surface area contributed by atoms with Crippen LogP contribution in [0.15, 0.2) is 69.6 Å². The van der Waals surface area contributed by atoms with Gasteiger partial charge in [-0.1, -0.05) is 53.7 Å². The van der Waals surface area contributed by atoms with Gasteiger partial charge in [-0.25, -0.2) is 9.97 Å². The second kappa shape index (κ2) is 14.3. The zero-order valence-corrected chi connectivity index (χ0v) is 32.4. The van der Waals surface area contributed by atoms with Crippen molar-refractivity contribution in [3.8, 4) is 45.4 Å². The average Bonchev–Trinajstić information content (AvgIpc) is 2.91. The van der Waals surface area contributed by atoms with Crippen LogP contribution in [0.5, 0.6) is 11.5 Å². The van der Waals surface area contributed by atoms with Crippen LogP contribution in [0.3, 0.4) is 0 Å². The number of hydrogen-bond acceptors (Lipinski definition) is 4. The molecule has 2 heterocycles. The van der Waals surface area contributed by atoms with Crippen molar-refractivity contribution in [2.45, 2.75) is 52.4 Å². The molecule has 0 N–H and O–H groups in total. The number of halogens is 4.